The van der Waals surface area contributed by atoms with Gasteiger partial charge >= 0.3 is 17.9 Å². The van der Waals surface area contributed by atoms with Crippen LogP contribution in [0.2, 0.25) is 0 Å². The highest BCUT2D eigenvalue weighted by atomic mass is 19.1. The first-order valence-electron chi connectivity index (χ1n) is 10.3. The van der Waals surface area contributed by atoms with Crippen LogP contribution >= 0.6 is 0 Å². The van der Waals surface area contributed by atoms with E-state index in [9.17, 15) is 18.8 Å². The zero-order valence-electron chi connectivity index (χ0n) is 18.3. The molecule has 1 aromatic carbocycles. The zero-order valence-corrected chi connectivity index (χ0v) is 18.3. The number of carbonyl (C=O) groups excluding carboxylic acids is 3. The van der Waals surface area contributed by atoms with E-state index in [1.54, 1.807) is 0 Å². The topological polar surface area (TPSA) is 83.3 Å². The number of carbonyl (C=O) groups is 3. The van der Waals surface area contributed by atoms with Gasteiger partial charge in [0.15, 0.2) is 5.82 Å². The summed E-state index contributed by atoms with van der Waals surface area (Å²) in [5.74, 6) is -4.38. The van der Waals surface area contributed by atoms with E-state index in [-0.39, 0.29) is 27.5 Å². The van der Waals surface area contributed by atoms with E-state index in [2.05, 4.69) is 0 Å². The van der Waals surface area contributed by atoms with Gasteiger partial charge in [-0.15, -0.1) is 0 Å². The van der Waals surface area contributed by atoms with Crippen LogP contribution in [0.4, 0.5) is 8.78 Å². The van der Waals surface area contributed by atoms with E-state index in [1.807, 2.05) is 6.08 Å². The Bertz CT molecular complexity index is 1350. The molecule has 0 fully saturated rings. The van der Waals surface area contributed by atoms with E-state index in [4.69, 9.17) is 14.2 Å². The predicted molar refractivity (Wildman–Crippen MR) is 115 cm³/mol. The summed E-state index contributed by atoms with van der Waals surface area (Å²) in [4.78, 5) is 38.6. The lowest BCUT2D eigenvalue weighted by Gasteiger charge is -2.19. The molecule has 33 heavy (non-hydrogen) atoms. The fourth-order valence-electron chi connectivity index (χ4n) is 4.41. The smallest absolute Gasteiger partial charge is 0.355 e. The molecule has 172 valence electrons. The standard InChI is InChI=1S/C24H21F2NO6/c1-31-22(28)16-17(23(29)32-2)21(24(30)33-3)27-19(12-7-5-4-6-8-12)18(26)14-10-9-13(25)11-15(14)20(16)27/h7,9-11H,4-6,8H2,1-3H3. The Balaban J connectivity index is 2.38. The van der Waals surface area contributed by atoms with E-state index in [1.165, 1.54) is 10.5 Å². The van der Waals surface area contributed by atoms with E-state index < -0.39 is 40.8 Å². The summed E-state index contributed by atoms with van der Waals surface area (Å²) < 4.78 is 46.1. The average molecular weight is 457 g/mol. The Labute approximate surface area is 187 Å². The molecule has 0 bridgehead atoms. The number of pyridine rings is 1. The summed E-state index contributed by atoms with van der Waals surface area (Å²) in [5, 5.41) is 0.0224. The Morgan fingerprint density at radius 2 is 1.55 bits per heavy atom. The third-order valence-corrected chi connectivity index (χ3v) is 5.83. The summed E-state index contributed by atoms with van der Waals surface area (Å²) in [6, 6.07) is 3.40. The van der Waals surface area contributed by atoms with Gasteiger partial charge in [-0.1, -0.05) is 6.08 Å². The van der Waals surface area contributed by atoms with E-state index >= 15 is 4.39 Å². The lowest BCUT2D eigenvalue weighted by Crippen LogP contribution is -2.16. The molecule has 2 heterocycles. The molecule has 1 aliphatic carbocycles. The van der Waals surface area contributed by atoms with Crippen LogP contribution in [0, 0.1) is 11.6 Å². The summed E-state index contributed by atoms with van der Waals surface area (Å²) in [7, 11) is 3.27. The van der Waals surface area contributed by atoms with Crippen molar-refractivity contribution < 1.29 is 37.4 Å². The second-order valence-electron chi connectivity index (χ2n) is 7.59. The number of halogens is 2. The van der Waals surface area contributed by atoms with E-state index in [0.29, 0.717) is 18.4 Å². The minimum atomic E-state index is -1.02. The number of methoxy groups -OCH3 is 3. The molecule has 0 radical (unpaired) electrons. The summed E-state index contributed by atoms with van der Waals surface area (Å²) in [5.41, 5.74) is -0.609. The minimum absolute atomic E-state index is 0.00418. The number of hydrogen-bond acceptors (Lipinski definition) is 6. The van der Waals surface area contributed by atoms with Crippen molar-refractivity contribution in [3.63, 3.8) is 0 Å². The fourth-order valence-corrected chi connectivity index (χ4v) is 4.41. The molecule has 0 saturated heterocycles. The summed E-state index contributed by atoms with van der Waals surface area (Å²) in [6.45, 7) is 0. The molecule has 0 amide bonds. The molecule has 4 rings (SSSR count). The molecule has 0 aliphatic heterocycles. The van der Waals surface area contributed by atoms with Gasteiger partial charge in [0.25, 0.3) is 0 Å². The molecule has 1 aliphatic rings. The highest BCUT2D eigenvalue weighted by molar-refractivity contribution is 6.19. The number of aromatic nitrogens is 1. The second-order valence-corrected chi connectivity index (χ2v) is 7.59. The second kappa shape index (κ2) is 8.65. The van der Waals surface area contributed by atoms with Crippen LogP contribution in [0.1, 0.15) is 62.6 Å². The molecule has 0 unspecified atom stereocenters. The lowest BCUT2D eigenvalue weighted by molar-refractivity contribution is 0.0536. The summed E-state index contributed by atoms with van der Waals surface area (Å²) in [6.07, 6.45) is 4.77. The Morgan fingerprint density at radius 1 is 0.879 bits per heavy atom. The third kappa shape index (κ3) is 3.44. The lowest BCUT2D eigenvalue weighted by atomic mass is 9.94. The van der Waals surface area contributed by atoms with Gasteiger partial charge in [0.2, 0.25) is 0 Å². The summed E-state index contributed by atoms with van der Waals surface area (Å²) >= 11 is 0. The normalized spacial score (nSPS) is 13.7. The molecule has 2 aromatic heterocycles. The molecule has 9 heteroatoms. The van der Waals surface area contributed by atoms with Crippen molar-refractivity contribution in [3.8, 4) is 0 Å². The van der Waals surface area contributed by atoms with Gasteiger partial charge < -0.3 is 14.2 Å². The first-order valence-corrected chi connectivity index (χ1v) is 10.3. The van der Waals surface area contributed by atoms with Gasteiger partial charge in [-0.25, -0.2) is 23.2 Å². The number of hydrogen-bond donors (Lipinski definition) is 0. The van der Waals surface area contributed by atoms with Crippen LogP contribution < -0.4 is 0 Å². The molecule has 3 aromatic rings. The number of nitrogens with zero attached hydrogens (tertiary/aromatic N) is 1. The fraction of sp³-hybridized carbons (Fsp3) is 0.292. The van der Waals surface area contributed by atoms with Crippen molar-refractivity contribution in [2.45, 2.75) is 25.7 Å². The monoisotopic (exact) mass is 457 g/mol. The molecular weight excluding hydrogens is 436 g/mol. The van der Waals surface area contributed by atoms with E-state index in [0.717, 1.165) is 46.3 Å². The van der Waals surface area contributed by atoms with Gasteiger partial charge in [0, 0.05) is 10.8 Å². The van der Waals surface area contributed by atoms with Crippen molar-refractivity contribution >= 4 is 39.8 Å². The molecule has 7 nitrogen and oxygen atoms in total. The van der Waals surface area contributed by atoms with Gasteiger partial charge in [-0.05, 0) is 49.5 Å². The SMILES string of the molecule is COC(=O)c1c(C(=O)OC)c2c3cc(F)ccc3c(F)c(C3=CCCCC3)n2c1C(=O)OC. The number of ether oxygens (including phenoxy) is 3. The van der Waals surface area contributed by atoms with Gasteiger partial charge in [0.1, 0.15) is 22.6 Å². The van der Waals surface area contributed by atoms with Crippen molar-refractivity contribution in [2.24, 2.45) is 0 Å². The van der Waals surface area contributed by atoms with Gasteiger partial charge in [0.05, 0.1) is 32.5 Å². The number of esters is 3. The quantitative estimate of drug-likeness (QED) is 0.418. The van der Waals surface area contributed by atoms with Crippen molar-refractivity contribution in [3.05, 3.63) is 58.4 Å². The molecule has 0 atom stereocenters. The molecule has 0 spiro atoms. The van der Waals surface area contributed by atoms with Crippen LogP contribution in [-0.4, -0.2) is 43.6 Å². The highest BCUT2D eigenvalue weighted by Crippen LogP contribution is 2.39. The Morgan fingerprint density at radius 3 is 2.15 bits per heavy atom. The van der Waals surface area contributed by atoms with Crippen molar-refractivity contribution in [2.75, 3.05) is 21.3 Å². The maximum absolute atomic E-state index is 16.0. The Hall–Kier alpha value is -3.75. The number of allylic oxidation sites excluding steroid dienone is 2. The predicted octanol–water partition coefficient (Wildman–Crippen LogP) is 4.69. The maximum Gasteiger partial charge on any atom is 0.355 e. The number of benzene rings is 1. The first-order chi connectivity index (χ1) is 15.8. The average Bonchev–Trinajstić information content (AvgIpc) is 3.19. The molecule has 0 saturated carbocycles. The van der Waals surface area contributed by atoms with Crippen LogP contribution in [-0.2, 0) is 14.2 Å². The van der Waals surface area contributed by atoms with Gasteiger partial charge in [-0.3, -0.25) is 4.40 Å². The number of rotatable bonds is 4. The van der Waals surface area contributed by atoms with Crippen LogP contribution in [0.3, 0.4) is 0 Å². The molecule has 0 N–H and O–H groups in total. The van der Waals surface area contributed by atoms with Gasteiger partial charge in [-0.2, -0.15) is 0 Å². The van der Waals surface area contributed by atoms with Crippen LogP contribution in [0.15, 0.2) is 24.3 Å². The largest absolute Gasteiger partial charge is 0.465 e. The number of fused-ring (bicyclic) bond motifs is 3. The highest BCUT2D eigenvalue weighted by Gasteiger charge is 2.37. The third-order valence-electron chi connectivity index (χ3n) is 5.83. The minimum Gasteiger partial charge on any atom is -0.465 e. The van der Waals surface area contributed by atoms with Crippen LogP contribution in [0.25, 0.3) is 21.9 Å². The van der Waals surface area contributed by atoms with Crippen molar-refractivity contribution in [1.82, 2.24) is 4.40 Å². The van der Waals surface area contributed by atoms with Crippen LogP contribution in [0.5, 0.6) is 0 Å². The maximum atomic E-state index is 16.0. The Kier molecular flexibility index (Phi) is 5.88. The zero-order chi connectivity index (χ0) is 23.9. The molecular formula is C24H21F2NO6. The van der Waals surface area contributed by atoms with Crippen molar-refractivity contribution in [1.29, 1.82) is 0 Å². The first kappa shape index (κ1) is 22.4.